The maximum atomic E-state index is 13.1. The highest BCUT2D eigenvalue weighted by molar-refractivity contribution is 5.98. The average Bonchev–Trinajstić information content (AvgIpc) is 3.34. The Labute approximate surface area is 172 Å². The van der Waals surface area contributed by atoms with Crippen LogP contribution < -0.4 is 5.32 Å². The largest absolute Gasteiger partial charge is 0.461 e. The van der Waals surface area contributed by atoms with Crippen molar-refractivity contribution in [1.29, 1.82) is 0 Å². The van der Waals surface area contributed by atoms with Crippen molar-refractivity contribution in [3.8, 4) is 0 Å². The van der Waals surface area contributed by atoms with Crippen LogP contribution in [0.3, 0.4) is 0 Å². The lowest BCUT2D eigenvalue weighted by molar-refractivity contribution is -0.121. The molecule has 0 spiro atoms. The molecule has 2 aliphatic rings. The molecule has 2 heterocycles. The van der Waals surface area contributed by atoms with Gasteiger partial charge in [0.05, 0.1) is 12.6 Å². The minimum Gasteiger partial charge on any atom is -0.461 e. The number of carbonyl (C=O) groups excluding carboxylic acids is 2. The van der Waals surface area contributed by atoms with Crippen molar-refractivity contribution in [3.05, 3.63) is 35.0 Å². The van der Waals surface area contributed by atoms with Crippen LogP contribution in [0.4, 0.5) is 0 Å². The molecule has 0 bridgehead atoms. The maximum absolute atomic E-state index is 13.1. The quantitative estimate of drug-likeness (QED) is 0.713. The number of hydrogen-bond acceptors (Lipinski definition) is 4. The van der Waals surface area contributed by atoms with Crippen molar-refractivity contribution in [2.24, 2.45) is 11.8 Å². The summed E-state index contributed by atoms with van der Waals surface area (Å²) in [4.78, 5) is 28.4. The van der Waals surface area contributed by atoms with Crippen molar-refractivity contribution in [1.82, 2.24) is 10.3 Å². The van der Waals surface area contributed by atoms with Crippen LogP contribution in [0.15, 0.2) is 18.2 Å². The molecule has 0 radical (unpaired) electrons. The lowest BCUT2D eigenvalue weighted by atomic mass is 9.75. The Morgan fingerprint density at radius 3 is 2.69 bits per heavy atom. The number of benzene rings is 1. The fourth-order valence-corrected chi connectivity index (χ4v) is 5.35. The van der Waals surface area contributed by atoms with Gasteiger partial charge in [0.25, 0.3) is 0 Å². The number of H-pyrrole nitrogens is 1. The van der Waals surface area contributed by atoms with Gasteiger partial charge in [-0.1, -0.05) is 38.2 Å². The Hall–Kier alpha value is -2.14. The summed E-state index contributed by atoms with van der Waals surface area (Å²) in [6.45, 7) is 5.03. The lowest BCUT2D eigenvalue weighted by Crippen LogP contribution is -2.40. The maximum Gasteiger partial charge on any atom is 0.355 e. The fraction of sp³-hybridized carbons (Fsp3) is 0.583. The second kappa shape index (κ2) is 8.70. The topological polar surface area (TPSA) is 71.2 Å². The van der Waals surface area contributed by atoms with E-state index in [1.54, 1.807) is 6.92 Å². The molecule has 2 aromatic rings. The number of rotatable bonds is 6. The summed E-state index contributed by atoms with van der Waals surface area (Å²) in [6, 6.07) is 6.01. The van der Waals surface area contributed by atoms with E-state index in [9.17, 15) is 9.59 Å². The van der Waals surface area contributed by atoms with Gasteiger partial charge in [-0.05, 0) is 61.9 Å². The van der Waals surface area contributed by atoms with E-state index < -0.39 is 0 Å². The summed E-state index contributed by atoms with van der Waals surface area (Å²) in [7, 11) is 0. The molecule has 29 heavy (non-hydrogen) atoms. The molecule has 1 aromatic heterocycles. The van der Waals surface area contributed by atoms with Gasteiger partial charge in [0.2, 0.25) is 0 Å². The highest BCUT2D eigenvalue weighted by Crippen LogP contribution is 2.36. The molecule has 1 aliphatic heterocycles. The summed E-state index contributed by atoms with van der Waals surface area (Å²) in [5.74, 6) is 1.17. The SMILES string of the molecule is CCOC(=O)c1[nH]c2ccc(CC(=O)[C@H]3NCC[C@H]3C3CCCCC3)cc2c1C. The number of fused-ring (bicyclic) bond motifs is 1. The number of nitrogens with one attached hydrogen (secondary N) is 2. The van der Waals surface area contributed by atoms with E-state index in [2.05, 4.69) is 10.3 Å². The van der Waals surface area contributed by atoms with Crippen LogP contribution in [0.2, 0.25) is 0 Å². The van der Waals surface area contributed by atoms with Gasteiger partial charge >= 0.3 is 5.97 Å². The first kappa shape index (κ1) is 20.1. The monoisotopic (exact) mass is 396 g/mol. The van der Waals surface area contributed by atoms with Crippen molar-refractivity contribution >= 4 is 22.7 Å². The van der Waals surface area contributed by atoms with Gasteiger partial charge < -0.3 is 15.0 Å². The van der Waals surface area contributed by atoms with Crippen LogP contribution in [0.5, 0.6) is 0 Å². The summed E-state index contributed by atoms with van der Waals surface area (Å²) in [6.07, 6.45) is 8.10. The van der Waals surface area contributed by atoms with Gasteiger partial charge in [-0.2, -0.15) is 0 Å². The van der Waals surface area contributed by atoms with Crippen molar-refractivity contribution in [3.63, 3.8) is 0 Å². The molecule has 1 aliphatic carbocycles. The smallest absolute Gasteiger partial charge is 0.355 e. The molecule has 1 saturated carbocycles. The zero-order chi connectivity index (χ0) is 20.4. The molecule has 1 aromatic carbocycles. The Bertz CT molecular complexity index is 895. The minimum atomic E-state index is -0.329. The molecular weight excluding hydrogens is 364 g/mol. The lowest BCUT2D eigenvalue weighted by Gasteiger charge is -2.30. The van der Waals surface area contributed by atoms with E-state index in [0.29, 0.717) is 36.3 Å². The van der Waals surface area contributed by atoms with Crippen LogP contribution in [-0.2, 0) is 16.0 Å². The van der Waals surface area contributed by atoms with E-state index in [-0.39, 0.29) is 12.0 Å². The molecule has 0 unspecified atom stereocenters. The number of aromatic nitrogens is 1. The van der Waals surface area contributed by atoms with Crippen LogP contribution >= 0.6 is 0 Å². The Morgan fingerprint density at radius 2 is 1.93 bits per heavy atom. The molecule has 0 amide bonds. The van der Waals surface area contributed by atoms with E-state index in [1.165, 1.54) is 32.1 Å². The van der Waals surface area contributed by atoms with Crippen LogP contribution in [-0.4, -0.2) is 35.9 Å². The van der Waals surface area contributed by atoms with Gasteiger partial charge in [0, 0.05) is 17.3 Å². The Balaban J connectivity index is 1.50. The van der Waals surface area contributed by atoms with E-state index in [1.807, 2.05) is 25.1 Å². The van der Waals surface area contributed by atoms with Gasteiger partial charge in [-0.25, -0.2) is 4.79 Å². The predicted molar refractivity (Wildman–Crippen MR) is 114 cm³/mol. The molecule has 156 valence electrons. The van der Waals surface area contributed by atoms with Crippen molar-refractivity contribution in [2.45, 2.75) is 64.8 Å². The highest BCUT2D eigenvalue weighted by atomic mass is 16.5. The minimum absolute atomic E-state index is 0.00351. The second-order valence-corrected chi connectivity index (χ2v) is 8.65. The normalized spacial score (nSPS) is 22.8. The fourth-order valence-electron chi connectivity index (χ4n) is 5.35. The molecule has 4 rings (SSSR count). The predicted octanol–water partition coefficient (Wildman–Crippen LogP) is 4.32. The molecule has 2 N–H and O–H groups in total. The highest BCUT2D eigenvalue weighted by Gasteiger charge is 2.37. The van der Waals surface area contributed by atoms with Crippen LogP contribution in [0.1, 0.15) is 67.1 Å². The van der Waals surface area contributed by atoms with Crippen molar-refractivity contribution < 1.29 is 14.3 Å². The third-order valence-electron chi connectivity index (χ3n) is 6.85. The number of hydrogen-bond donors (Lipinski definition) is 2. The van der Waals surface area contributed by atoms with Gasteiger partial charge in [0.15, 0.2) is 5.78 Å². The number of Topliss-reactive ketones (excluding diaryl/α,β-unsaturated/α-hetero) is 1. The number of esters is 1. The van der Waals surface area contributed by atoms with Crippen LogP contribution in [0, 0.1) is 18.8 Å². The third kappa shape index (κ3) is 4.11. The first-order chi connectivity index (χ1) is 14.1. The number of ether oxygens (including phenoxy) is 1. The summed E-state index contributed by atoms with van der Waals surface area (Å²) < 4.78 is 5.14. The number of carbonyl (C=O) groups is 2. The molecule has 2 atom stereocenters. The average molecular weight is 397 g/mol. The third-order valence-corrected chi connectivity index (χ3v) is 6.85. The van der Waals surface area contributed by atoms with E-state index in [0.717, 1.165) is 35.0 Å². The zero-order valence-corrected chi connectivity index (χ0v) is 17.6. The first-order valence-electron chi connectivity index (χ1n) is 11.1. The van der Waals surface area contributed by atoms with Gasteiger partial charge in [0.1, 0.15) is 5.69 Å². The standard InChI is InChI=1S/C24H32N2O3/c1-3-29-24(28)22-15(2)19-13-16(9-10-20(19)26-22)14-21(27)23-18(11-12-25-23)17-7-5-4-6-8-17/h9-10,13,17-18,23,25-26H,3-8,11-12,14H2,1-2H3/t18-,23-/m0/s1. The second-order valence-electron chi connectivity index (χ2n) is 8.65. The summed E-state index contributed by atoms with van der Waals surface area (Å²) >= 11 is 0. The molecule has 5 heteroatoms. The van der Waals surface area contributed by atoms with Gasteiger partial charge in [-0.15, -0.1) is 0 Å². The number of aryl methyl sites for hydroxylation is 1. The van der Waals surface area contributed by atoms with Crippen LogP contribution in [0.25, 0.3) is 10.9 Å². The summed E-state index contributed by atoms with van der Waals surface area (Å²) in [5.41, 5.74) is 3.30. The Morgan fingerprint density at radius 1 is 1.14 bits per heavy atom. The molecule has 5 nitrogen and oxygen atoms in total. The molecule has 1 saturated heterocycles. The Kier molecular flexibility index (Phi) is 6.04. The molecular formula is C24H32N2O3. The number of aromatic amines is 1. The van der Waals surface area contributed by atoms with Gasteiger partial charge in [-0.3, -0.25) is 4.79 Å². The first-order valence-corrected chi connectivity index (χ1v) is 11.1. The van der Waals surface area contributed by atoms with E-state index >= 15 is 0 Å². The zero-order valence-electron chi connectivity index (χ0n) is 17.6. The molecule has 2 fully saturated rings. The van der Waals surface area contributed by atoms with E-state index in [4.69, 9.17) is 4.74 Å². The number of ketones is 1. The summed E-state index contributed by atoms with van der Waals surface area (Å²) in [5, 5.41) is 4.48. The van der Waals surface area contributed by atoms with Crippen molar-refractivity contribution in [2.75, 3.05) is 13.2 Å².